The normalized spacial score (nSPS) is 10.1. The minimum Gasteiger partial charge on any atom is -0.372 e. The van der Waals surface area contributed by atoms with Crippen molar-refractivity contribution in [3.05, 3.63) is 36.1 Å². The van der Waals surface area contributed by atoms with Crippen molar-refractivity contribution < 1.29 is 4.39 Å². The first-order valence-electron chi connectivity index (χ1n) is 4.29. The van der Waals surface area contributed by atoms with Gasteiger partial charge in [-0.05, 0) is 12.1 Å². The van der Waals surface area contributed by atoms with Crippen LogP contribution in [0, 0.1) is 5.82 Å². The van der Waals surface area contributed by atoms with E-state index in [1.165, 1.54) is 6.07 Å². The number of benzene rings is 1. The molecule has 14 heavy (non-hydrogen) atoms. The van der Waals surface area contributed by atoms with E-state index in [9.17, 15) is 4.39 Å². The molecule has 72 valence electrons. The number of hydrogen-bond donors (Lipinski definition) is 2. The van der Waals surface area contributed by atoms with Crippen LogP contribution in [0.3, 0.4) is 0 Å². The number of nitrogens with one attached hydrogen (secondary N) is 2. The van der Waals surface area contributed by atoms with Gasteiger partial charge in [0.1, 0.15) is 11.6 Å². The van der Waals surface area contributed by atoms with Gasteiger partial charge in [0.05, 0.1) is 5.69 Å². The highest BCUT2D eigenvalue weighted by Gasteiger charge is 2.06. The highest BCUT2D eigenvalue weighted by atomic mass is 19.1. The Bertz CT molecular complexity index is 436. The van der Waals surface area contributed by atoms with Crippen molar-refractivity contribution in [1.29, 1.82) is 0 Å². The Morgan fingerprint density at radius 2 is 2.14 bits per heavy atom. The lowest BCUT2D eigenvalue weighted by atomic mass is 10.1. The van der Waals surface area contributed by atoms with Crippen molar-refractivity contribution in [3.8, 4) is 11.3 Å². The number of aromatic amines is 1. The van der Waals surface area contributed by atoms with Crippen LogP contribution in [0.5, 0.6) is 0 Å². The van der Waals surface area contributed by atoms with Gasteiger partial charge >= 0.3 is 0 Å². The zero-order valence-corrected chi connectivity index (χ0v) is 7.71. The third kappa shape index (κ3) is 1.46. The second-order valence-corrected chi connectivity index (χ2v) is 2.90. The lowest BCUT2D eigenvalue weighted by Gasteiger charge is -1.97. The van der Waals surface area contributed by atoms with Crippen LogP contribution in [-0.2, 0) is 0 Å². The van der Waals surface area contributed by atoms with E-state index in [0.29, 0.717) is 17.1 Å². The molecule has 0 saturated heterocycles. The molecule has 0 amide bonds. The van der Waals surface area contributed by atoms with Crippen molar-refractivity contribution in [2.75, 3.05) is 12.4 Å². The fourth-order valence-electron chi connectivity index (χ4n) is 1.27. The van der Waals surface area contributed by atoms with Crippen LogP contribution < -0.4 is 5.32 Å². The van der Waals surface area contributed by atoms with Gasteiger partial charge in [-0.15, -0.1) is 0 Å². The summed E-state index contributed by atoms with van der Waals surface area (Å²) in [4.78, 5) is 0. The molecular weight excluding hydrogens is 181 g/mol. The predicted molar refractivity (Wildman–Crippen MR) is 53.5 cm³/mol. The molecule has 0 aliphatic rings. The fraction of sp³-hybridized carbons (Fsp3) is 0.100. The second kappa shape index (κ2) is 3.49. The Balaban J connectivity index is 2.44. The van der Waals surface area contributed by atoms with E-state index in [-0.39, 0.29) is 5.82 Å². The summed E-state index contributed by atoms with van der Waals surface area (Å²) in [6, 6.07) is 8.35. The quantitative estimate of drug-likeness (QED) is 0.764. The molecule has 0 radical (unpaired) electrons. The van der Waals surface area contributed by atoms with E-state index in [4.69, 9.17) is 0 Å². The number of nitrogens with zero attached hydrogens (tertiary/aromatic N) is 1. The first-order valence-corrected chi connectivity index (χ1v) is 4.29. The third-order valence-electron chi connectivity index (χ3n) is 2.00. The third-order valence-corrected chi connectivity index (χ3v) is 2.00. The first-order chi connectivity index (χ1) is 6.81. The molecule has 1 aromatic carbocycles. The van der Waals surface area contributed by atoms with Crippen molar-refractivity contribution in [1.82, 2.24) is 10.2 Å². The highest BCUT2D eigenvalue weighted by molar-refractivity contribution is 5.63. The van der Waals surface area contributed by atoms with Gasteiger partial charge in [0.2, 0.25) is 0 Å². The highest BCUT2D eigenvalue weighted by Crippen LogP contribution is 2.21. The molecule has 0 unspecified atom stereocenters. The standard InChI is InChI=1S/C10H10FN3/c1-12-10-6-9(13-14-10)7-4-2-3-5-8(7)11/h2-6H,1H3,(H2,12,13,14). The van der Waals surface area contributed by atoms with E-state index in [0.717, 1.165) is 0 Å². The van der Waals surface area contributed by atoms with Gasteiger partial charge in [0.15, 0.2) is 0 Å². The molecule has 0 fully saturated rings. The van der Waals surface area contributed by atoms with Crippen molar-refractivity contribution >= 4 is 5.82 Å². The maximum atomic E-state index is 13.3. The number of anilines is 1. The Hall–Kier alpha value is -1.84. The van der Waals surface area contributed by atoms with Crippen LogP contribution in [0.4, 0.5) is 10.2 Å². The van der Waals surface area contributed by atoms with Crippen LogP contribution in [0.2, 0.25) is 0 Å². The van der Waals surface area contributed by atoms with Crippen LogP contribution in [-0.4, -0.2) is 17.2 Å². The molecule has 0 aliphatic carbocycles. The minimum absolute atomic E-state index is 0.251. The second-order valence-electron chi connectivity index (χ2n) is 2.90. The topological polar surface area (TPSA) is 40.7 Å². The molecule has 2 aromatic rings. The van der Waals surface area contributed by atoms with Crippen LogP contribution >= 0.6 is 0 Å². The molecule has 1 aromatic heterocycles. The lowest BCUT2D eigenvalue weighted by Crippen LogP contribution is -1.85. The maximum Gasteiger partial charge on any atom is 0.148 e. The van der Waals surface area contributed by atoms with Crippen molar-refractivity contribution in [2.24, 2.45) is 0 Å². The molecule has 0 atom stereocenters. The summed E-state index contributed by atoms with van der Waals surface area (Å²) in [6.07, 6.45) is 0. The average Bonchev–Trinajstić information content (AvgIpc) is 2.67. The SMILES string of the molecule is CNc1cc(-c2ccccc2F)[nH]n1. The van der Waals surface area contributed by atoms with E-state index < -0.39 is 0 Å². The molecule has 0 aliphatic heterocycles. The van der Waals surface area contributed by atoms with Gasteiger partial charge in [0.25, 0.3) is 0 Å². The fourth-order valence-corrected chi connectivity index (χ4v) is 1.27. The van der Waals surface area contributed by atoms with E-state index in [1.807, 2.05) is 0 Å². The van der Waals surface area contributed by atoms with Crippen molar-refractivity contribution in [2.45, 2.75) is 0 Å². The lowest BCUT2D eigenvalue weighted by molar-refractivity contribution is 0.630. The molecule has 2 rings (SSSR count). The maximum absolute atomic E-state index is 13.3. The van der Waals surface area contributed by atoms with E-state index in [1.54, 1.807) is 31.3 Å². The van der Waals surface area contributed by atoms with Gasteiger partial charge in [-0.3, -0.25) is 5.10 Å². The minimum atomic E-state index is -0.251. The predicted octanol–water partition coefficient (Wildman–Crippen LogP) is 2.26. The van der Waals surface area contributed by atoms with Gasteiger partial charge in [-0.2, -0.15) is 5.10 Å². The summed E-state index contributed by atoms with van der Waals surface area (Å²) < 4.78 is 13.3. The number of H-pyrrole nitrogens is 1. The number of hydrogen-bond acceptors (Lipinski definition) is 2. The van der Waals surface area contributed by atoms with Crippen molar-refractivity contribution in [3.63, 3.8) is 0 Å². The smallest absolute Gasteiger partial charge is 0.148 e. The Labute approximate surface area is 81.0 Å². The summed E-state index contributed by atoms with van der Waals surface area (Å²) in [5, 5.41) is 9.58. The molecule has 3 nitrogen and oxygen atoms in total. The van der Waals surface area contributed by atoms with E-state index >= 15 is 0 Å². The summed E-state index contributed by atoms with van der Waals surface area (Å²) in [5.74, 6) is 0.446. The zero-order chi connectivity index (χ0) is 9.97. The van der Waals surface area contributed by atoms with Gasteiger partial charge in [-0.25, -0.2) is 4.39 Å². The number of aromatic nitrogens is 2. The Kier molecular flexibility index (Phi) is 2.18. The average molecular weight is 191 g/mol. The van der Waals surface area contributed by atoms with E-state index in [2.05, 4.69) is 15.5 Å². The number of rotatable bonds is 2. The molecule has 0 saturated carbocycles. The Morgan fingerprint density at radius 1 is 1.36 bits per heavy atom. The molecule has 0 spiro atoms. The monoisotopic (exact) mass is 191 g/mol. The van der Waals surface area contributed by atoms with Crippen LogP contribution in [0.25, 0.3) is 11.3 Å². The first kappa shape index (κ1) is 8.74. The zero-order valence-electron chi connectivity index (χ0n) is 7.71. The molecule has 1 heterocycles. The largest absolute Gasteiger partial charge is 0.372 e. The summed E-state index contributed by atoms with van der Waals surface area (Å²) in [5.41, 5.74) is 1.20. The van der Waals surface area contributed by atoms with Gasteiger partial charge in [0, 0.05) is 18.7 Å². The summed E-state index contributed by atoms with van der Waals surface area (Å²) in [7, 11) is 1.77. The molecular formula is C10H10FN3. The Morgan fingerprint density at radius 3 is 2.79 bits per heavy atom. The molecule has 0 bridgehead atoms. The van der Waals surface area contributed by atoms with Gasteiger partial charge in [-0.1, -0.05) is 12.1 Å². The molecule has 4 heteroatoms. The van der Waals surface area contributed by atoms with Gasteiger partial charge < -0.3 is 5.32 Å². The summed E-state index contributed by atoms with van der Waals surface area (Å²) in [6.45, 7) is 0. The summed E-state index contributed by atoms with van der Waals surface area (Å²) >= 11 is 0. The van der Waals surface area contributed by atoms with Crippen LogP contribution in [0.1, 0.15) is 0 Å². The number of halogens is 1. The van der Waals surface area contributed by atoms with Crippen LogP contribution in [0.15, 0.2) is 30.3 Å². The molecule has 2 N–H and O–H groups in total.